The number of rotatable bonds is 20. The van der Waals surface area contributed by atoms with Crippen molar-refractivity contribution in [2.24, 2.45) is 0 Å². The smallest absolute Gasteiger partial charge is 0.220 e. The molecule has 0 fully saturated rings. The second-order valence-corrected chi connectivity index (χ2v) is 6.15. The van der Waals surface area contributed by atoms with Crippen LogP contribution in [0.3, 0.4) is 0 Å². The summed E-state index contributed by atoms with van der Waals surface area (Å²) in [6.45, 7) is 10.2. The molecule has 8 heteroatoms. The van der Waals surface area contributed by atoms with E-state index in [1.807, 2.05) is 20.8 Å². The van der Waals surface area contributed by atoms with Gasteiger partial charge in [0.05, 0.1) is 52.4 Å². The van der Waals surface area contributed by atoms with E-state index < -0.39 is 0 Å². The van der Waals surface area contributed by atoms with Gasteiger partial charge in [0.15, 0.2) is 5.78 Å². The third-order valence-corrected chi connectivity index (χ3v) is 3.34. The molecule has 0 saturated carbocycles. The molecule has 0 spiro atoms. The SMILES string of the molecule is CCC(=O)COCCOCCOCCOCCNC(=O)CCCOC(C)C. The second kappa shape index (κ2) is 19.7. The Bertz CT molecular complexity index is 364. The summed E-state index contributed by atoms with van der Waals surface area (Å²) in [5, 5.41) is 2.80. The molecule has 8 nitrogen and oxygen atoms in total. The van der Waals surface area contributed by atoms with Gasteiger partial charge in [0.1, 0.15) is 6.61 Å². The van der Waals surface area contributed by atoms with Crippen LogP contribution in [0.1, 0.15) is 40.0 Å². The lowest BCUT2D eigenvalue weighted by Crippen LogP contribution is -2.27. The van der Waals surface area contributed by atoms with Crippen molar-refractivity contribution in [2.45, 2.75) is 46.1 Å². The minimum absolute atomic E-state index is 0.0161. The van der Waals surface area contributed by atoms with E-state index in [1.54, 1.807) is 0 Å². The first kappa shape index (κ1) is 25.9. The summed E-state index contributed by atoms with van der Waals surface area (Å²) in [4.78, 5) is 22.5. The maximum absolute atomic E-state index is 11.6. The zero-order valence-corrected chi connectivity index (χ0v) is 17.1. The van der Waals surface area contributed by atoms with Gasteiger partial charge in [-0.1, -0.05) is 6.92 Å². The number of nitrogens with one attached hydrogen (secondary N) is 1. The highest BCUT2D eigenvalue weighted by Gasteiger charge is 2.01. The van der Waals surface area contributed by atoms with Crippen LogP contribution in [0.2, 0.25) is 0 Å². The van der Waals surface area contributed by atoms with E-state index in [2.05, 4.69) is 5.32 Å². The molecule has 0 aliphatic carbocycles. The number of carbonyl (C=O) groups is 2. The maximum Gasteiger partial charge on any atom is 0.220 e. The Balaban J connectivity index is 3.16. The fourth-order valence-corrected chi connectivity index (χ4v) is 1.85. The number of amides is 1. The first-order chi connectivity index (χ1) is 13.1. The number of carbonyl (C=O) groups excluding carboxylic acids is 2. The quantitative estimate of drug-likeness (QED) is 0.313. The van der Waals surface area contributed by atoms with Gasteiger partial charge < -0.3 is 29.0 Å². The Morgan fingerprint density at radius 3 is 1.93 bits per heavy atom. The van der Waals surface area contributed by atoms with E-state index >= 15 is 0 Å². The average molecular weight is 392 g/mol. The predicted octanol–water partition coefficient (Wildman–Crippen LogP) is 1.35. The molecule has 0 aliphatic heterocycles. The van der Waals surface area contributed by atoms with Crippen molar-refractivity contribution in [3.8, 4) is 0 Å². The van der Waals surface area contributed by atoms with Crippen molar-refractivity contribution < 1.29 is 33.3 Å². The van der Waals surface area contributed by atoms with Crippen LogP contribution < -0.4 is 5.32 Å². The number of hydrogen-bond donors (Lipinski definition) is 1. The van der Waals surface area contributed by atoms with Gasteiger partial charge in [-0.25, -0.2) is 0 Å². The van der Waals surface area contributed by atoms with E-state index in [4.69, 9.17) is 23.7 Å². The van der Waals surface area contributed by atoms with Crippen LogP contribution in [0.4, 0.5) is 0 Å². The lowest BCUT2D eigenvalue weighted by molar-refractivity contribution is -0.124. The van der Waals surface area contributed by atoms with Crippen LogP contribution in [0, 0.1) is 0 Å². The van der Waals surface area contributed by atoms with Crippen molar-refractivity contribution in [3.63, 3.8) is 0 Å². The minimum Gasteiger partial charge on any atom is -0.379 e. The molecule has 1 N–H and O–H groups in total. The maximum atomic E-state index is 11.6. The first-order valence-corrected chi connectivity index (χ1v) is 9.77. The van der Waals surface area contributed by atoms with Crippen molar-refractivity contribution in [3.05, 3.63) is 0 Å². The van der Waals surface area contributed by atoms with E-state index in [1.165, 1.54) is 0 Å². The lowest BCUT2D eigenvalue weighted by Gasteiger charge is -2.09. The summed E-state index contributed by atoms with van der Waals surface area (Å²) in [5.41, 5.74) is 0. The molecular formula is C19H37NO7. The van der Waals surface area contributed by atoms with Crippen molar-refractivity contribution in [1.29, 1.82) is 0 Å². The molecule has 0 aromatic rings. The van der Waals surface area contributed by atoms with E-state index in [-0.39, 0.29) is 24.4 Å². The lowest BCUT2D eigenvalue weighted by atomic mass is 10.3. The molecule has 160 valence electrons. The van der Waals surface area contributed by atoms with Gasteiger partial charge in [-0.05, 0) is 20.3 Å². The zero-order valence-electron chi connectivity index (χ0n) is 17.1. The average Bonchev–Trinajstić information content (AvgIpc) is 2.65. The molecule has 0 aliphatic rings. The largest absolute Gasteiger partial charge is 0.379 e. The summed E-state index contributed by atoms with van der Waals surface area (Å²) in [5.74, 6) is 0.108. The van der Waals surface area contributed by atoms with Crippen molar-refractivity contribution in [1.82, 2.24) is 5.32 Å². The fourth-order valence-electron chi connectivity index (χ4n) is 1.85. The van der Waals surface area contributed by atoms with E-state index in [0.29, 0.717) is 72.2 Å². The van der Waals surface area contributed by atoms with Crippen LogP contribution >= 0.6 is 0 Å². The third kappa shape index (κ3) is 21.1. The molecule has 0 aromatic carbocycles. The summed E-state index contributed by atoms with van der Waals surface area (Å²) in [6, 6.07) is 0. The minimum atomic E-state index is 0.0161. The van der Waals surface area contributed by atoms with Crippen molar-refractivity contribution in [2.75, 3.05) is 66.0 Å². The van der Waals surface area contributed by atoms with Crippen LogP contribution in [-0.2, 0) is 33.3 Å². The summed E-state index contributed by atoms with van der Waals surface area (Å²) >= 11 is 0. The highest BCUT2D eigenvalue weighted by atomic mass is 16.6. The monoisotopic (exact) mass is 391 g/mol. The van der Waals surface area contributed by atoms with Gasteiger partial charge in [0, 0.05) is 26.0 Å². The Labute approximate surface area is 163 Å². The zero-order chi connectivity index (χ0) is 20.2. The molecule has 1 amide bonds. The molecule has 0 bridgehead atoms. The van der Waals surface area contributed by atoms with Gasteiger partial charge in [0.25, 0.3) is 0 Å². The van der Waals surface area contributed by atoms with Crippen molar-refractivity contribution >= 4 is 11.7 Å². The normalized spacial score (nSPS) is 11.1. The first-order valence-electron chi connectivity index (χ1n) is 9.77. The summed E-state index contributed by atoms with van der Waals surface area (Å²) < 4.78 is 26.6. The van der Waals surface area contributed by atoms with Gasteiger partial charge in [-0.2, -0.15) is 0 Å². The molecule has 0 aromatic heterocycles. The molecule has 0 rings (SSSR count). The third-order valence-electron chi connectivity index (χ3n) is 3.34. The standard InChI is InChI=1S/C19H37NO7/c1-4-18(21)16-26-15-14-25-13-12-24-11-10-23-9-7-20-19(22)6-5-8-27-17(2)3/h17H,4-16H2,1-3H3,(H,20,22). The summed E-state index contributed by atoms with van der Waals surface area (Å²) in [7, 11) is 0. The Morgan fingerprint density at radius 2 is 1.37 bits per heavy atom. The molecule has 0 atom stereocenters. The topological polar surface area (TPSA) is 92.3 Å². The van der Waals surface area contributed by atoms with E-state index in [0.717, 1.165) is 6.42 Å². The Morgan fingerprint density at radius 1 is 0.815 bits per heavy atom. The fraction of sp³-hybridized carbons (Fsp3) is 0.895. The molecule has 0 heterocycles. The molecule has 0 radical (unpaired) electrons. The highest BCUT2D eigenvalue weighted by molar-refractivity contribution is 5.79. The second-order valence-electron chi connectivity index (χ2n) is 6.15. The van der Waals surface area contributed by atoms with Crippen LogP contribution in [0.25, 0.3) is 0 Å². The van der Waals surface area contributed by atoms with Crippen LogP contribution in [0.15, 0.2) is 0 Å². The summed E-state index contributed by atoms with van der Waals surface area (Å²) in [6.07, 6.45) is 1.89. The molecule has 27 heavy (non-hydrogen) atoms. The predicted molar refractivity (Wildman–Crippen MR) is 102 cm³/mol. The Kier molecular flexibility index (Phi) is 18.9. The molecule has 0 saturated heterocycles. The van der Waals surface area contributed by atoms with Gasteiger partial charge in [0.2, 0.25) is 5.91 Å². The van der Waals surface area contributed by atoms with Crippen LogP contribution in [0.5, 0.6) is 0 Å². The number of hydrogen-bond acceptors (Lipinski definition) is 7. The van der Waals surface area contributed by atoms with Gasteiger partial charge in [-0.15, -0.1) is 0 Å². The molecular weight excluding hydrogens is 354 g/mol. The number of ketones is 1. The van der Waals surface area contributed by atoms with Crippen LogP contribution in [-0.4, -0.2) is 83.8 Å². The van der Waals surface area contributed by atoms with Gasteiger partial charge in [-0.3, -0.25) is 9.59 Å². The molecule has 0 unspecified atom stereocenters. The Hall–Kier alpha value is -1.06. The van der Waals surface area contributed by atoms with E-state index in [9.17, 15) is 9.59 Å². The number of Topliss-reactive ketones (excluding diaryl/α,β-unsaturated/α-hetero) is 1. The highest BCUT2D eigenvalue weighted by Crippen LogP contribution is 1.94. The number of ether oxygens (including phenoxy) is 5. The van der Waals surface area contributed by atoms with Gasteiger partial charge >= 0.3 is 0 Å².